The van der Waals surface area contributed by atoms with Gasteiger partial charge in [-0.1, -0.05) is 72.8 Å². The van der Waals surface area contributed by atoms with Crippen molar-refractivity contribution in [2.24, 2.45) is 7.05 Å². The Kier molecular flexibility index (Phi) is 13.9. The molecule has 0 atom stereocenters. The lowest BCUT2D eigenvalue weighted by molar-refractivity contribution is -0.114. The minimum atomic E-state index is -0.0637. The lowest BCUT2D eigenvalue weighted by atomic mass is 10.2. The summed E-state index contributed by atoms with van der Waals surface area (Å²) in [6.07, 6.45) is 1.67. The third kappa shape index (κ3) is 11.3. The maximum absolute atomic E-state index is 12.0. The van der Waals surface area contributed by atoms with Gasteiger partial charge in [0.1, 0.15) is 5.82 Å². The van der Waals surface area contributed by atoms with Gasteiger partial charge in [-0.05, 0) is 60.7 Å². The molecule has 0 unspecified atom stereocenters. The third-order valence-electron chi connectivity index (χ3n) is 6.49. The molecule has 4 aromatic carbocycles. The number of fused-ring (bicyclic) bond motifs is 1. The maximum Gasteiger partial charge on any atom is 0.326 e. The smallest absolute Gasteiger partial charge is 0.326 e. The van der Waals surface area contributed by atoms with Crippen LogP contribution in [0.1, 0.15) is 27.6 Å². The predicted octanol–water partition coefficient (Wildman–Crippen LogP) is 5.92. The second-order valence-corrected chi connectivity index (χ2v) is 9.92. The van der Waals surface area contributed by atoms with Crippen LogP contribution < -0.4 is 21.2 Å². The standard InChI is InChI=1S/C13H12N2O.C8H8N2O.2C8H9NO/c1-15(12-9-5-6-10-14-12)13(16)11-7-3-2-4-8-11;1-10-7-5-3-2-4-6(7)9-8(10)11;1-9-8(10)7-5-3-2-4-6-7;1-7(10)9-8-5-3-2-4-6-8/h2-10H,1H3;2-5H,1H3,(H,9,11);2*2-6H,1H3,(H,9,10). The zero-order chi connectivity index (χ0) is 34.0. The molecule has 0 spiro atoms. The number of nitrogens with one attached hydrogen (secondary N) is 3. The largest absolute Gasteiger partial charge is 0.355 e. The summed E-state index contributed by atoms with van der Waals surface area (Å²) in [5.41, 5.74) is 3.97. The summed E-state index contributed by atoms with van der Waals surface area (Å²) in [6, 6.07) is 40.7. The summed E-state index contributed by atoms with van der Waals surface area (Å²) in [5, 5.41) is 5.21. The average molecular weight is 631 g/mol. The quantitative estimate of drug-likeness (QED) is 0.223. The average Bonchev–Trinajstić information content (AvgIpc) is 3.42. The second kappa shape index (κ2) is 18.5. The van der Waals surface area contributed by atoms with Gasteiger partial charge in [0, 0.05) is 51.1 Å². The number of carbonyl (C=O) groups is 3. The van der Waals surface area contributed by atoms with Crippen LogP contribution in [0.15, 0.2) is 144 Å². The minimum absolute atomic E-state index is 0.0359. The number of hydrogen-bond acceptors (Lipinski definition) is 5. The van der Waals surface area contributed by atoms with Gasteiger partial charge in [0.05, 0.1) is 11.0 Å². The predicted molar refractivity (Wildman–Crippen MR) is 188 cm³/mol. The Morgan fingerprint density at radius 3 is 1.79 bits per heavy atom. The Bertz CT molecular complexity index is 1890. The zero-order valence-electron chi connectivity index (χ0n) is 26.8. The molecule has 0 radical (unpaired) electrons. The molecule has 3 N–H and O–H groups in total. The summed E-state index contributed by atoms with van der Waals surface area (Å²) in [4.78, 5) is 52.9. The van der Waals surface area contributed by atoms with E-state index in [0.29, 0.717) is 16.9 Å². The van der Waals surface area contributed by atoms with Crippen molar-refractivity contribution in [3.05, 3.63) is 161 Å². The third-order valence-corrected chi connectivity index (χ3v) is 6.49. The molecule has 0 aliphatic rings. The molecular weight excluding hydrogens is 592 g/mol. The number of aryl methyl sites for hydroxylation is 1. The molecule has 240 valence electrons. The fourth-order valence-electron chi connectivity index (χ4n) is 4.07. The Balaban J connectivity index is 0.000000174. The molecule has 0 aliphatic carbocycles. The number of amides is 3. The molecule has 0 saturated carbocycles. The number of H-pyrrole nitrogens is 1. The molecule has 0 saturated heterocycles. The SMILES string of the molecule is CC(=O)Nc1ccccc1.CN(C(=O)c1ccccc1)c1ccccn1.CNC(=O)c1ccccc1.Cn1c(=O)[nH]c2ccccc21. The van der Waals surface area contributed by atoms with Gasteiger partial charge in [-0.25, -0.2) is 9.78 Å². The van der Waals surface area contributed by atoms with Gasteiger partial charge in [-0.15, -0.1) is 0 Å². The van der Waals surface area contributed by atoms with Crippen LogP contribution >= 0.6 is 0 Å². The number of imidazole rings is 1. The van der Waals surface area contributed by atoms with Crippen LogP contribution in [-0.2, 0) is 11.8 Å². The summed E-state index contributed by atoms with van der Waals surface area (Å²) in [7, 11) is 5.09. The highest BCUT2D eigenvalue weighted by Gasteiger charge is 2.13. The van der Waals surface area contributed by atoms with Crippen LogP contribution in [0.5, 0.6) is 0 Å². The van der Waals surface area contributed by atoms with Gasteiger partial charge in [0.15, 0.2) is 0 Å². The first-order valence-corrected chi connectivity index (χ1v) is 14.7. The molecule has 2 heterocycles. The van der Waals surface area contributed by atoms with E-state index < -0.39 is 0 Å². The van der Waals surface area contributed by atoms with Crippen LogP contribution in [0, 0.1) is 0 Å². The van der Waals surface area contributed by atoms with Crippen molar-refractivity contribution in [3.63, 3.8) is 0 Å². The highest BCUT2D eigenvalue weighted by molar-refractivity contribution is 6.05. The molecule has 10 heteroatoms. The molecule has 2 aromatic heterocycles. The molecule has 0 bridgehead atoms. The summed E-state index contributed by atoms with van der Waals surface area (Å²) >= 11 is 0. The van der Waals surface area contributed by atoms with Crippen molar-refractivity contribution < 1.29 is 14.4 Å². The van der Waals surface area contributed by atoms with Crippen molar-refractivity contribution >= 4 is 40.3 Å². The van der Waals surface area contributed by atoms with E-state index in [1.54, 1.807) is 62.2 Å². The summed E-state index contributed by atoms with van der Waals surface area (Å²) in [5.74, 6) is 0.516. The Morgan fingerprint density at radius 1 is 0.723 bits per heavy atom. The molecule has 6 rings (SSSR count). The van der Waals surface area contributed by atoms with Gasteiger partial charge in [-0.3, -0.25) is 23.9 Å². The Labute approximate surface area is 273 Å². The number of carbonyl (C=O) groups excluding carboxylic acids is 3. The van der Waals surface area contributed by atoms with E-state index in [4.69, 9.17) is 0 Å². The summed E-state index contributed by atoms with van der Waals surface area (Å²) in [6.45, 7) is 1.49. The van der Waals surface area contributed by atoms with E-state index in [1.165, 1.54) is 11.8 Å². The van der Waals surface area contributed by atoms with E-state index in [2.05, 4.69) is 20.6 Å². The number of aromatic amines is 1. The minimum Gasteiger partial charge on any atom is -0.355 e. The number of hydrogen-bond donors (Lipinski definition) is 3. The van der Waals surface area contributed by atoms with Gasteiger partial charge in [-0.2, -0.15) is 0 Å². The molecule has 47 heavy (non-hydrogen) atoms. The number of para-hydroxylation sites is 3. The van der Waals surface area contributed by atoms with Crippen molar-refractivity contribution in [1.29, 1.82) is 0 Å². The molecule has 10 nitrogen and oxygen atoms in total. The topological polar surface area (TPSA) is 129 Å². The van der Waals surface area contributed by atoms with Crippen LogP contribution in [-0.4, -0.2) is 46.4 Å². The first-order chi connectivity index (χ1) is 22.7. The Morgan fingerprint density at radius 2 is 1.26 bits per heavy atom. The van der Waals surface area contributed by atoms with Crippen molar-refractivity contribution in [2.45, 2.75) is 6.92 Å². The van der Waals surface area contributed by atoms with Crippen LogP contribution in [0.25, 0.3) is 11.0 Å². The number of rotatable bonds is 4. The lowest BCUT2D eigenvalue weighted by Gasteiger charge is -2.15. The fraction of sp³-hybridized carbons (Fsp3) is 0.108. The van der Waals surface area contributed by atoms with E-state index >= 15 is 0 Å². The summed E-state index contributed by atoms with van der Waals surface area (Å²) < 4.78 is 1.59. The highest BCUT2D eigenvalue weighted by Crippen LogP contribution is 2.11. The normalized spacial score (nSPS) is 9.62. The first kappa shape index (κ1) is 35.2. The van der Waals surface area contributed by atoms with Gasteiger partial charge in [0.25, 0.3) is 11.8 Å². The van der Waals surface area contributed by atoms with E-state index in [0.717, 1.165) is 16.7 Å². The number of benzene rings is 4. The van der Waals surface area contributed by atoms with E-state index in [1.807, 2.05) is 103 Å². The van der Waals surface area contributed by atoms with Crippen LogP contribution in [0.3, 0.4) is 0 Å². The molecule has 0 aliphatic heterocycles. The fourth-order valence-corrected chi connectivity index (χ4v) is 4.07. The lowest BCUT2D eigenvalue weighted by Crippen LogP contribution is -2.26. The van der Waals surface area contributed by atoms with Gasteiger partial charge >= 0.3 is 5.69 Å². The molecule has 3 amide bonds. The van der Waals surface area contributed by atoms with Crippen LogP contribution in [0.2, 0.25) is 0 Å². The van der Waals surface area contributed by atoms with Crippen molar-refractivity contribution in [2.75, 3.05) is 24.3 Å². The number of nitrogens with zero attached hydrogens (tertiary/aromatic N) is 3. The molecule has 0 fully saturated rings. The van der Waals surface area contributed by atoms with Crippen molar-refractivity contribution in [1.82, 2.24) is 19.9 Å². The number of anilines is 2. The zero-order valence-corrected chi connectivity index (χ0v) is 26.8. The van der Waals surface area contributed by atoms with Gasteiger partial charge < -0.3 is 15.6 Å². The Hall–Kier alpha value is -6.29. The maximum atomic E-state index is 12.0. The first-order valence-electron chi connectivity index (χ1n) is 14.7. The number of aromatic nitrogens is 3. The molecule has 6 aromatic rings. The number of pyridine rings is 1. The van der Waals surface area contributed by atoms with Gasteiger partial charge in [0.2, 0.25) is 5.91 Å². The van der Waals surface area contributed by atoms with E-state index in [9.17, 15) is 19.2 Å². The molecular formula is C37H38N6O4. The second-order valence-electron chi connectivity index (χ2n) is 9.92. The highest BCUT2D eigenvalue weighted by atomic mass is 16.2. The van der Waals surface area contributed by atoms with Crippen LogP contribution in [0.4, 0.5) is 11.5 Å². The van der Waals surface area contributed by atoms with E-state index in [-0.39, 0.29) is 23.4 Å². The monoisotopic (exact) mass is 630 g/mol. The van der Waals surface area contributed by atoms with Crippen molar-refractivity contribution in [3.8, 4) is 0 Å².